The third-order valence-electron chi connectivity index (χ3n) is 5.45. The van der Waals surface area contributed by atoms with E-state index in [9.17, 15) is 0 Å². The smallest absolute Gasteiger partial charge is 0.124 e. The number of rotatable bonds is 3. The van der Waals surface area contributed by atoms with E-state index in [1.54, 1.807) is 14.2 Å². The standard InChI is InChI=1S/C22H26N2O2/c1-12-8-14(3)20-15-6-7-23-21(22(15)24-17(20)9-12)16-11-18(25-4)13(2)10-19(16)26-5/h8-11,21,23-24H,6-7H2,1-5H3. The van der Waals surface area contributed by atoms with Gasteiger partial charge in [0, 0.05) is 28.7 Å². The molecule has 0 amide bonds. The van der Waals surface area contributed by atoms with Crippen molar-refractivity contribution in [3.05, 3.63) is 57.8 Å². The lowest BCUT2D eigenvalue weighted by atomic mass is 9.91. The number of benzene rings is 2. The molecule has 1 aliphatic heterocycles. The number of aromatic amines is 1. The van der Waals surface area contributed by atoms with Crippen LogP contribution in [0.1, 0.15) is 39.6 Å². The SMILES string of the molecule is COc1cc(C2NCCc3c2[nH]c2cc(C)cc(C)c32)c(OC)cc1C. The fourth-order valence-corrected chi connectivity index (χ4v) is 4.34. The zero-order valence-corrected chi connectivity index (χ0v) is 16.1. The molecule has 2 aromatic carbocycles. The molecule has 1 atom stereocenters. The molecular formula is C22H26N2O2. The molecule has 0 bridgehead atoms. The molecule has 1 aromatic heterocycles. The molecule has 0 aliphatic carbocycles. The Bertz CT molecular complexity index is 988. The second-order valence-electron chi connectivity index (χ2n) is 7.22. The molecule has 4 heteroatoms. The molecule has 0 saturated carbocycles. The summed E-state index contributed by atoms with van der Waals surface area (Å²) >= 11 is 0. The van der Waals surface area contributed by atoms with Gasteiger partial charge in [-0.05, 0) is 67.6 Å². The lowest BCUT2D eigenvalue weighted by molar-refractivity contribution is 0.390. The normalized spacial score (nSPS) is 16.6. The van der Waals surface area contributed by atoms with Crippen molar-refractivity contribution in [1.82, 2.24) is 10.3 Å². The van der Waals surface area contributed by atoms with E-state index in [-0.39, 0.29) is 6.04 Å². The Balaban J connectivity index is 1.93. The first-order valence-electron chi connectivity index (χ1n) is 9.11. The van der Waals surface area contributed by atoms with Crippen LogP contribution >= 0.6 is 0 Å². The Morgan fingerprint density at radius 3 is 2.42 bits per heavy atom. The van der Waals surface area contributed by atoms with Crippen molar-refractivity contribution in [3.63, 3.8) is 0 Å². The number of hydrogen-bond acceptors (Lipinski definition) is 3. The second kappa shape index (κ2) is 6.36. The first kappa shape index (κ1) is 17.0. The van der Waals surface area contributed by atoms with E-state index in [2.05, 4.69) is 48.4 Å². The maximum atomic E-state index is 5.70. The molecule has 0 saturated heterocycles. The van der Waals surface area contributed by atoms with E-state index in [0.717, 1.165) is 35.6 Å². The monoisotopic (exact) mass is 350 g/mol. The summed E-state index contributed by atoms with van der Waals surface area (Å²) in [7, 11) is 3.45. The van der Waals surface area contributed by atoms with Crippen molar-refractivity contribution in [2.45, 2.75) is 33.2 Å². The molecular weight excluding hydrogens is 324 g/mol. The summed E-state index contributed by atoms with van der Waals surface area (Å²) in [6.45, 7) is 7.34. The van der Waals surface area contributed by atoms with Crippen LogP contribution in [0.2, 0.25) is 0 Å². The van der Waals surface area contributed by atoms with E-state index in [4.69, 9.17) is 9.47 Å². The summed E-state index contributed by atoms with van der Waals surface area (Å²) in [5.74, 6) is 1.78. The molecule has 0 spiro atoms. The van der Waals surface area contributed by atoms with Gasteiger partial charge in [0.2, 0.25) is 0 Å². The average Bonchev–Trinajstić information content (AvgIpc) is 2.99. The third kappa shape index (κ3) is 2.56. The highest BCUT2D eigenvalue weighted by Crippen LogP contribution is 2.40. The molecule has 2 heterocycles. The maximum Gasteiger partial charge on any atom is 0.124 e. The zero-order valence-electron chi connectivity index (χ0n) is 16.1. The molecule has 136 valence electrons. The summed E-state index contributed by atoms with van der Waals surface area (Å²) in [6, 6.07) is 8.73. The molecule has 0 radical (unpaired) electrons. The molecule has 1 unspecified atom stereocenters. The summed E-state index contributed by atoms with van der Waals surface area (Å²) in [5.41, 5.74) is 8.69. The number of aromatic nitrogens is 1. The van der Waals surface area contributed by atoms with Crippen LogP contribution in [0.3, 0.4) is 0 Å². The minimum absolute atomic E-state index is 0.0651. The van der Waals surface area contributed by atoms with Gasteiger partial charge in [-0.25, -0.2) is 0 Å². The van der Waals surface area contributed by atoms with Gasteiger partial charge in [0.25, 0.3) is 0 Å². The second-order valence-corrected chi connectivity index (χ2v) is 7.22. The molecule has 26 heavy (non-hydrogen) atoms. The van der Waals surface area contributed by atoms with Gasteiger partial charge in [0.15, 0.2) is 0 Å². The average molecular weight is 350 g/mol. The molecule has 4 rings (SSSR count). The van der Waals surface area contributed by atoms with Gasteiger partial charge in [0.1, 0.15) is 11.5 Å². The van der Waals surface area contributed by atoms with Crippen LogP contribution in [-0.4, -0.2) is 25.7 Å². The van der Waals surface area contributed by atoms with Gasteiger partial charge >= 0.3 is 0 Å². The first-order chi connectivity index (χ1) is 12.5. The largest absolute Gasteiger partial charge is 0.496 e. The molecule has 4 nitrogen and oxygen atoms in total. The van der Waals surface area contributed by atoms with Crippen molar-refractivity contribution in [2.75, 3.05) is 20.8 Å². The minimum Gasteiger partial charge on any atom is -0.496 e. The molecule has 1 aliphatic rings. The minimum atomic E-state index is 0.0651. The molecule has 3 aromatic rings. The number of H-pyrrole nitrogens is 1. The Hall–Kier alpha value is -2.46. The van der Waals surface area contributed by atoms with Crippen LogP contribution < -0.4 is 14.8 Å². The third-order valence-corrected chi connectivity index (χ3v) is 5.45. The van der Waals surface area contributed by atoms with E-state index < -0.39 is 0 Å². The zero-order chi connectivity index (χ0) is 18.4. The van der Waals surface area contributed by atoms with Crippen LogP contribution in [0.15, 0.2) is 24.3 Å². The predicted molar refractivity (Wildman–Crippen MR) is 106 cm³/mol. The first-order valence-corrected chi connectivity index (χ1v) is 9.11. The molecule has 2 N–H and O–H groups in total. The number of methoxy groups -OCH3 is 2. The van der Waals surface area contributed by atoms with Crippen molar-refractivity contribution in [3.8, 4) is 11.5 Å². The van der Waals surface area contributed by atoms with Crippen molar-refractivity contribution < 1.29 is 9.47 Å². The van der Waals surface area contributed by atoms with Gasteiger partial charge in [-0.2, -0.15) is 0 Å². The van der Waals surface area contributed by atoms with Gasteiger partial charge < -0.3 is 19.8 Å². The highest BCUT2D eigenvalue weighted by Gasteiger charge is 2.28. The Morgan fingerprint density at radius 1 is 0.923 bits per heavy atom. The quantitative estimate of drug-likeness (QED) is 0.738. The van der Waals surface area contributed by atoms with Gasteiger partial charge in [-0.15, -0.1) is 0 Å². The van der Waals surface area contributed by atoms with Gasteiger partial charge in [-0.3, -0.25) is 0 Å². The highest BCUT2D eigenvalue weighted by atomic mass is 16.5. The fourth-order valence-electron chi connectivity index (χ4n) is 4.34. The number of ether oxygens (including phenoxy) is 2. The lowest BCUT2D eigenvalue weighted by Crippen LogP contribution is -2.30. The van der Waals surface area contributed by atoms with Crippen LogP contribution in [-0.2, 0) is 6.42 Å². The van der Waals surface area contributed by atoms with Crippen LogP contribution in [0, 0.1) is 20.8 Å². The number of aryl methyl sites for hydroxylation is 3. The van der Waals surface area contributed by atoms with E-state index in [1.807, 2.05) is 6.92 Å². The summed E-state index contributed by atoms with van der Waals surface area (Å²) in [4.78, 5) is 3.69. The predicted octanol–water partition coefficient (Wildman–Crippen LogP) is 4.35. The van der Waals surface area contributed by atoms with Crippen molar-refractivity contribution >= 4 is 10.9 Å². The van der Waals surface area contributed by atoms with E-state index in [0.29, 0.717) is 0 Å². The lowest BCUT2D eigenvalue weighted by Gasteiger charge is -2.27. The van der Waals surface area contributed by atoms with E-state index in [1.165, 1.54) is 33.3 Å². The number of hydrogen-bond donors (Lipinski definition) is 2. The molecule has 0 fully saturated rings. The fraction of sp³-hybridized carbons (Fsp3) is 0.364. The summed E-state index contributed by atoms with van der Waals surface area (Å²) in [5, 5.41) is 5.04. The highest BCUT2D eigenvalue weighted by molar-refractivity contribution is 5.89. The maximum absolute atomic E-state index is 5.70. The number of fused-ring (bicyclic) bond motifs is 3. The summed E-state index contributed by atoms with van der Waals surface area (Å²) in [6.07, 6.45) is 1.03. The Morgan fingerprint density at radius 2 is 1.69 bits per heavy atom. The number of nitrogens with one attached hydrogen (secondary N) is 2. The topological polar surface area (TPSA) is 46.3 Å². The van der Waals surface area contributed by atoms with Crippen LogP contribution in [0.5, 0.6) is 11.5 Å². The van der Waals surface area contributed by atoms with Crippen molar-refractivity contribution in [2.24, 2.45) is 0 Å². The van der Waals surface area contributed by atoms with Crippen LogP contribution in [0.25, 0.3) is 10.9 Å². The van der Waals surface area contributed by atoms with Crippen molar-refractivity contribution in [1.29, 1.82) is 0 Å². The van der Waals surface area contributed by atoms with E-state index >= 15 is 0 Å². The summed E-state index contributed by atoms with van der Waals surface area (Å²) < 4.78 is 11.3. The Kier molecular flexibility index (Phi) is 4.16. The van der Waals surface area contributed by atoms with Crippen LogP contribution in [0.4, 0.5) is 0 Å². The van der Waals surface area contributed by atoms with Gasteiger partial charge in [0.05, 0.1) is 20.3 Å². The van der Waals surface area contributed by atoms with Gasteiger partial charge in [-0.1, -0.05) is 6.07 Å². The Labute approximate surface area is 154 Å².